The lowest BCUT2D eigenvalue weighted by atomic mass is 10.2. The summed E-state index contributed by atoms with van der Waals surface area (Å²) in [6.45, 7) is 1.12. The first-order valence-electron chi connectivity index (χ1n) is 4.32. The van der Waals surface area contributed by atoms with Crippen LogP contribution in [0.3, 0.4) is 0 Å². The van der Waals surface area contributed by atoms with E-state index in [1.807, 2.05) is 0 Å². The van der Waals surface area contributed by atoms with E-state index < -0.39 is 5.92 Å². The van der Waals surface area contributed by atoms with E-state index >= 15 is 0 Å². The number of hydrogen-bond acceptors (Lipinski definition) is 2. The molecule has 0 radical (unpaired) electrons. The number of allylic oxidation sites excluding steroid dienone is 2. The van der Waals surface area contributed by atoms with Crippen molar-refractivity contribution >= 4 is 5.78 Å². The van der Waals surface area contributed by atoms with E-state index in [9.17, 15) is 13.6 Å². The second-order valence-corrected chi connectivity index (χ2v) is 3.38. The SMILES string of the molecule is CC(F)(F)CCNC1=CC(=O)CC1. The molecule has 0 saturated heterocycles. The van der Waals surface area contributed by atoms with Gasteiger partial charge in [-0.1, -0.05) is 0 Å². The van der Waals surface area contributed by atoms with Gasteiger partial charge in [-0.2, -0.15) is 0 Å². The molecule has 1 aliphatic carbocycles. The fraction of sp³-hybridized carbons (Fsp3) is 0.667. The highest BCUT2D eigenvalue weighted by Gasteiger charge is 2.20. The molecular formula is C9H13F2NO. The van der Waals surface area contributed by atoms with Crippen LogP contribution in [-0.2, 0) is 4.79 Å². The van der Waals surface area contributed by atoms with Crippen molar-refractivity contribution < 1.29 is 13.6 Å². The summed E-state index contributed by atoms with van der Waals surface area (Å²) in [5.41, 5.74) is 0.786. The van der Waals surface area contributed by atoms with E-state index in [0.29, 0.717) is 12.8 Å². The highest BCUT2D eigenvalue weighted by Crippen LogP contribution is 2.17. The van der Waals surface area contributed by atoms with Crippen molar-refractivity contribution in [1.29, 1.82) is 0 Å². The minimum absolute atomic E-state index is 0.0748. The Hall–Kier alpha value is -0.930. The molecule has 0 aromatic heterocycles. The van der Waals surface area contributed by atoms with Crippen molar-refractivity contribution in [2.45, 2.75) is 32.1 Å². The molecule has 0 saturated carbocycles. The topological polar surface area (TPSA) is 29.1 Å². The van der Waals surface area contributed by atoms with E-state index in [1.165, 1.54) is 6.08 Å². The van der Waals surface area contributed by atoms with Gasteiger partial charge in [-0.25, -0.2) is 8.78 Å². The van der Waals surface area contributed by atoms with Crippen LogP contribution < -0.4 is 5.32 Å². The molecule has 1 N–H and O–H groups in total. The van der Waals surface area contributed by atoms with Gasteiger partial charge in [0, 0.05) is 31.2 Å². The number of hydrogen-bond donors (Lipinski definition) is 1. The van der Waals surface area contributed by atoms with Gasteiger partial charge in [-0.05, 0) is 13.3 Å². The molecule has 0 unspecified atom stereocenters. The molecular weight excluding hydrogens is 176 g/mol. The Labute approximate surface area is 76.0 Å². The molecule has 0 atom stereocenters. The van der Waals surface area contributed by atoms with Gasteiger partial charge in [0.15, 0.2) is 5.78 Å². The zero-order valence-corrected chi connectivity index (χ0v) is 7.57. The second kappa shape index (κ2) is 3.85. The van der Waals surface area contributed by atoms with Gasteiger partial charge in [0.25, 0.3) is 0 Å². The van der Waals surface area contributed by atoms with E-state index in [2.05, 4.69) is 5.32 Å². The number of halogens is 2. The highest BCUT2D eigenvalue weighted by molar-refractivity contribution is 5.92. The fourth-order valence-electron chi connectivity index (χ4n) is 1.18. The first-order chi connectivity index (χ1) is 5.97. The molecule has 0 amide bonds. The average molecular weight is 189 g/mol. The molecule has 0 aromatic carbocycles. The van der Waals surface area contributed by atoms with Crippen LogP contribution in [0.1, 0.15) is 26.2 Å². The smallest absolute Gasteiger partial charge is 0.247 e. The standard InChI is InChI=1S/C9H13F2NO/c1-9(10,11)4-5-12-7-2-3-8(13)6-7/h6,12H,2-5H2,1H3. The largest absolute Gasteiger partial charge is 0.388 e. The van der Waals surface area contributed by atoms with Gasteiger partial charge in [0.2, 0.25) is 5.92 Å². The van der Waals surface area contributed by atoms with Gasteiger partial charge < -0.3 is 5.32 Å². The average Bonchev–Trinajstić information content (AvgIpc) is 2.33. The van der Waals surface area contributed by atoms with E-state index in [1.54, 1.807) is 0 Å². The summed E-state index contributed by atoms with van der Waals surface area (Å²) in [5.74, 6) is -2.55. The van der Waals surface area contributed by atoms with Gasteiger partial charge in [0.05, 0.1) is 0 Å². The fourth-order valence-corrected chi connectivity index (χ4v) is 1.18. The normalized spacial score (nSPS) is 17.5. The van der Waals surface area contributed by atoms with Crippen LogP contribution >= 0.6 is 0 Å². The monoisotopic (exact) mass is 189 g/mol. The number of rotatable bonds is 4. The predicted molar refractivity (Wildman–Crippen MR) is 45.6 cm³/mol. The molecule has 4 heteroatoms. The molecule has 74 valence electrons. The number of nitrogens with one attached hydrogen (secondary N) is 1. The predicted octanol–water partition coefficient (Wildman–Crippen LogP) is 1.87. The summed E-state index contributed by atoms with van der Waals surface area (Å²) in [7, 11) is 0. The molecule has 0 fully saturated rings. The summed E-state index contributed by atoms with van der Waals surface area (Å²) >= 11 is 0. The molecule has 1 aliphatic rings. The Bertz CT molecular complexity index is 230. The van der Waals surface area contributed by atoms with Crippen LogP contribution in [0, 0.1) is 0 Å². The zero-order valence-electron chi connectivity index (χ0n) is 7.57. The molecule has 2 nitrogen and oxygen atoms in total. The van der Waals surface area contributed by atoms with Gasteiger partial charge in [-0.3, -0.25) is 4.79 Å². The number of carbonyl (C=O) groups excluding carboxylic acids is 1. The van der Waals surface area contributed by atoms with Crippen LogP contribution in [0.25, 0.3) is 0 Å². The molecule has 0 spiro atoms. The lowest BCUT2D eigenvalue weighted by Crippen LogP contribution is -2.21. The summed E-state index contributed by atoms with van der Waals surface area (Å²) in [6, 6.07) is 0. The van der Waals surface area contributed by atoms with Crippen molar-refractivity contribution in [2.75, 3.05) is 6.54 Å². The first kappa shape index (κ1) is 10.2. The lowest BCUT2D eigenvalue weighted by Gasteiger charge is -2.11. The molecule has 0 aromatic rings. The van der Waals surface area contributed by atoms with Crippen LogP contribution in [0.2, 0.25) is 0 Å². The molecule has 0 aliphatic heterocycles. The summed E-state index contributed by atoms with van der Waals surface area (Å²) in [5, 5.41) is 2.83. The third kappa shape index (κ3) is 4.01. The van der Waals surface area contributed by atoms with E-state index in [4.69, 9.17) is 0 Å². The minimum Gasteiger partial charge on any atom is -0.388 e. The maximum atomic E-state index is 12.3. The number of carbonyl (C=O) groups is 1. The van der Waals surface area contributed by atoms with Crippen molar-refractivity contribution in [1.82, 2.24) is 5.32 Å². The van der Waals surface area contributed by atoms with E-state index in [-0.39, 0.29) is 18.7 Å². The number of ketones is 1. The zero-order chi connectivity index (χ0) is 9.90. The van der Waals surface area contributed by atoms with Crippen LogP contribution in [0.15, 0.2) is 11.8 Å². The molecule has 0 heterocycles. The quantitative estimate of drug-likeness (QED) is 0.731. The van der Waals surface area contributed by atoms with Crippen LogP contribution in [0.4, 0.5) is 8.78 Å². The van der Waals surface area contributed by atoms with E-state index in [0.717, 1.165) is 12.6 Å². The van der Waals surface area contributed by atoms with Crippen molar-refractivity contribution in [2.24, 2.45) is 0 Å². The summed E-state index contributed by atoms with van der Waals surface area (Å²) in [4.78, 5) is 10.7. The van der Waals surface area contributed by atoms with Gasteiger partial charge >= 0.3 is 0 Å². The highest BCUT2D eigenvalue weighted by atomic mass is 19.3. The van der Waals surface area contributed by atoms with Crippen molar-refractivity contribution in [3.63, 3.8) is 0 Å². The third-order valence-corrected chi connectivity index (χ3v) is 1.89. The van der Waals surface area contributed by atoms with Crippen molar-refractivity contribution in [3.05, 3.63) is 11.8 Å². The Morgan fingerprint density at radius 1 is 1.54 bits per heavy atom. The summed E-state index contributed by atoms with van der Waals surface area (Å²) < 4.78 is 24.7. The van der Waals surface area contributed by atoms with Crippen molar-refractivity contribution in [3.8, 4) is 0 Å². The van der Waals surface area contributed by atoms with Crippen LogP contribution in [-0.4, -0.2) is 18.3 Å². The first-order valence-corrected chi connectivity index (χ1v) is 4.32. The molecule has 1 rings (SSSR count). The summed E-state index contributed by atoms with van der Waals surface area (Å²) in [6.07, 6.45) is 2.46. The van der Waals surface area contributed by atoms with Gasteiger partial charge in [-0.15, -0.1) is 0 Å². The second-order valence-electron chi connectivity index (χ2n) is 3.38. The van der Waals surface area contributed by atoms with Crippen LogP contribution in [0.5, 0.6) is 0 Å². The maximum absolute atomic E-state index is 12.3. The molecule has 13 heavy (non-hydrogen) atoms. The van der Waals surface area contributed by atoms with Gasteiger partial charge in [0.1, 0.15) is 0 Å². The Kier molecular flexibility index (Phi) is 3.01. The maximum Gasteiger partial charge on any atom is 0.247 e. The lowest BCUT2D eigenvalue weighted by molar-refractivity contribution is -0.114. The third-order valence-electron chi connectivity index (χ3n) is 1.89. The Morgan fingerprint density at radius 2 is 2.23 bits per heavy atom. The Balaban J connectivity index is 2.20. The minimum atomic E-state index is -2.63. The Morgan fingerprint density at radius 3 is 2.69 bits per heavy atom. The molecule has 0 bridgehead atoms. The number of alkyl halides is 2.